The van der Waals surface area contributed by atoms with Gasteiger partial charge in [-0.1, -0.05) is 37.9 Å². The summed E-state index contributed by atoms with van der Waals surface area (Å²) in [7, 11) is 1.35. The smallest absolute Gasteiger partial charge is 0.407 e. The van der Waals surface area contributed by atoms with Crippen molar-refractivity contribution in [3.05, 3.63) is 0 Å². The van der Waals surface area contributed by atoms with Crippen LogP contribution in [0, 0.1) is 0 Å². The maximum Gasteiger partial charge on any atom is 0.407 e. The Morgan fingerprint density at radius 1 is 1.33 bits per heavy atom. The Hall–Kier alpha value is -0.840. The van der Waals surface area contributed by atoms with Gasteiger partial charge in [-0.15, -0.1) is 0 Å². The first-order chi connectivity index (χ1) is 7.10. The average molecular weight is 230 g/mol. The van der Waals surface area contributed by atoms with Gasteiger partial charge in [-0.05, 0) is 12.8 Å². The average Bonchev–Trinajstić information content (AvgIpc) is 2.44. The molecule has 0 heterocycles. The lowest BCUT2D eigenvalue weighted by Crippen LogP contribution is -2.56. The van der Waals surface area contributed by atoms with Gasteiger partial charge in [0.25, 0.3) is 0 Å². The van der Waals surface area contributed by atoms with Gasteiger partial charge in [-0.2, -0.15) is 0 Å². The van der Waals surface area contributed by atoms with Crippen molar-refractivity contribution in [3.8, 4) is 0 Å². The number of methoxy groups -OCH3 is 1. The van der Waals surface area contributed by atoms with Crippen LogP contribution in [0.4, 0.5) is 4.79 Å². The van der Waals surface area contributed by atoms with Crippen molar-refractivity contribution in [2.75, 3.05) is 7.11 Å². The van der Waals surface area contributed by atoms with Crippen molar-refractivity contribution < 1.29 is 9.53 Å². The molecule has 1 saturated carbocycles. The molecule has 0 radical (unpaired) electrons. The molecule has 0 bridgehead atoms. The lowest BCUT2D eigenvalue weighted by molar-refractivity contribution is 0.160. The van der Waals surface area contributed by atoms with Crippen molar-refractivity contribution in [3.63, 3.8) is 0 Å². The van der Waals surface area contributed by atoms with E-state index in [0.29, 0.717) is 4.99 Å². The van der Waals surface area contributed by atoms with Gasteiger partial charge in [-0.3, -0.25) is 0 Å². The van der Waals surface area contributed by atoms with Crippen LogP contribution in [0.15, 0.2) is 0 Å². The van der Waals surface area contributed by atoms with Crippen LogP contribution in [-0.4, -0.2) is 23.7 Å². The molecule has 1 aliphatic carbocycles. The van der Waals surface area contributed by atoms with Crippen LogP contribution in [0.2, 0.25) is 0 Å². The first-order valence-corrected chi connectivity index (χ1v) is 5.67. The lowest BCUT2D eigenvalue weighted by atomic mass is 9.90. The number of amides is 1. The molecule has 0 spiro atoms. The lowest BCUT2D eigenvalue weighted by Gasteiger charge is -2.31. The summed E-state index contributed by atoms with van der Waals surface area (Å²) < 4.78 is 4.60. The zero-order valence-electron chi connectivity index (χ0n) is 9.04. The van der Waals surface area contributed by atoms with E-state index in [0.717, 1.165) is 25.7 Å². The molecule has 0 aliphatic heterocycles. The fourth-order valence-electron chi connectivity index (χ4n) is 2.01. The molecule has 86 valence electrons. The Kier molecular flexibility index (Phi) is 4.32. The van der Waals surface area contributed by atoms with Crippen LogP contribution in [-0.2, 0) is 4.74 Å². The van der Waals surface area contributed by atoms with E-state index in [-0.39, 0.29) is 0 Å². The molecule has 0 saturated heterocycles. The molecular weight excluding hydrogens is 212 g/mol. The number of rotatable bonds is 2. The van der Waals surface area contributed by atoms with E-state index >= 15 is 0 Å². The van der Waals surface area contributed by atoms with Crippen LogP contribution >= 0.6 is 12.2 Å². The van der Waals surface area contributed by atoms with Crippen LogP contribution in [0.3, 0.4) is 0 Å². The van der Waals surface area contributed by atoms with E-state index in [1.54, 1.807) is 0 Å². The predicted octanol–water partition coefficient (Wildman–Crippen LogP) is 1.72. The zero-order chi connectivity index (χ0) is 11.3. The van der Waals surface area contributed by atoms with Crippen LogP contribution in [0.5, 0.6) is 0 Å². The molecule has 0 aromatic rings. The molecule has 1 fully saturated rings. The number of alkyl carbamates (subject to hydrolysis) is 1. The summed E-state index contributed by atoms with van der Waals surface area (Å²) in [5.41, 5.74) is 5.21. The van der Waals surface area contributed by atoms with Gasteiger partial charge in [0.15, 0.2) is 0 Å². The largest absolute Gasteiger partial charge is 0.453 e. The standard InChI is InChI=1S/C10H18N2O2S/c1-14-9(13)12-10(8(11)15)6-4-2-3-5-7-10/h2-7H2,1H3,(H2,11,15)(H,12,13). The number of carbonyl (C=O) groups excluding carboxylic acids is 1. The predicted molar refractivity (Wildman–Crippen MR) is 62.8 cm³/mol. The molecule has 15 heavy (non-hydrogen) atoms. The highest BCUT2D eigenvalue weighted by Crippen LogP contribution is 2.27. The molecule has 3 N–H and O–H groups in total. The minimum absolute atomic E-state index is 0.370. The summed E-state index contributed by atoms with van der Waals surface area (Å²) in [5.74, 6) is 0. The molecule has 5 heteroatoms. The van der Waals surface area contributed by atoms with E-state index in [1.807, 2.05) is 0 Å². The van der Waals surface area contributed by atoms with E-state index < -0.39 is 11.6 Å². The van der Waals surface area contributed by atoms with Gasteiger partial charge in [0.05, 0.1) is 17.6 Å². The highest BCUT2D eigenvalue weighted by Gasteiger charge is 2.35. The molecule has 4 nitrogen and oxygen atoms in total. The highest BCUT2D eigenvalue weighted by molar-refractivity contribution is 7.80. The maximum atomic E-state index is 11.3. The summed E-state index contributed by atoms with van der Waals surface area (Å²) in [6, 6.07) is 0. The van der Waals surface area contributed by atoms with Gasteiger partial charge in [0.1, 0.15) is 0 Å². The number of nitrogens with two attached hydrogens (primary N) is 1. The minimum Gasteiger partial charge on any atom is -0.453 e. The van der Waals surface area contributed by atoms with Crippen molar-refractivity contribution in [2.45, 2.75) is 44.1 Å². The van der Waals surface area contributed by atoms with E-state index in [2.05, 4.69) is 10.1 Å². The van der Waals surface area contributed by atoms with Gasteiger partial charge < -0.3 is 15.8 Å². The maximum absolute atomic E-state index is 11.3. The third-order valence-corrected chi connectivity index (χ3v) is 3.35. The molecule has 1 rings (SSSR count). The molecule has 0 aromatic carbocycles. The third-order valence-electron chi connectivity index (χ3n) is 2.96. The van der Waals surface area contributed by atoms with Gasteiger partial charge >= 0.3 is 6.09 Å². The summed E-state index contributed by atoms with van der Waals surface area (Å²) in [6.45, 7) is 0. The fraction of sp³-hybridized carbons (Fsp3) is 0.800. The quantitative estimate of drug-likeness (QED) is 0.560. The van der Waals surface area contributed by atoms with Crippen LogP contribution in [0.1, 0.15) is 38.5 Å². The van der Waals surface area contributed by atoms with Gasteiger partial charge in [-0.25, -0.2) is 4.79 Å². The molecular formula is C10H18N2O2S. The Labute approximate surface area is 95.5 Å². The van der Waals surface area contributed by atoms with Crippen molar-refractivity contribution >= 4 is 23.3 Å². The number of ether oxygens (including phenoxy) is 1. The second-order valence-corrected chi connectivity index (χ2v) is 4.42. The van der Waals surface area contributed by atoms with Gasteiger partial charge in [0.2, 0.25) is 0 Å². The number of hydrogen-bond acceptors (Lipinski definition) is 3. The molecule has 1 aliphatic rings. The zero-order valence-corrected chi connectivity index (χ0v) is 9.86. The number of hydrogen-bond donors (Lipinski definition) is 2. The minimum atomic E-state index is -0.529. The Morgan fingerprint density at radius 2 is 1.87 bits per heavy atom. The molecule has 1 amide bonds. The molecule has 0 atom stereocenters. The monoisotopic (exact) mass is 230 g/mol. The topological polar surface area (TPSA) is 64.3 Å². The van der Waals surface area contributed by atoms with Crippen LogP contribution < -0.4 is 11.1 Å². The highest BCUT2D eigenvalue weighted by atomic mass is 32.1. The van der Waals surface area contributed by atoms with E-state index in [9.17, 15) is 4.79 Å². The first-order valence-electron chi connectivity index (χ1n) is 5.27. The van der Waals surface area contributed by atoms with Crippen LogP contribution in [0.25, 0.3) is 0 Å². The summed E-state index contributed by atoms with van der Waals surface area (Å²) in [6.07, 6.45) is 5.61. The Balaban J connectivity index is 2.75. The molecule has 0 aromatic heterocycles. The van der Waals surface area contributed by atoms with Crippen molar-refractivity contribution in [1.82, 2.24) is 5.32 Å². The number of carbonyl (C=O) groups is 1. The first kappa shape index (κ1) is 12.2. The van der Waals surface area contributed by atoms with Crippen molar-refractivity contribution in [1.29, 1.82) is 0 Å². The second-order valence-electron chi connectivity index (χ2n) is 3.98. The van der Waals surface area contributed by atoms with E-state index in [1.165, 1.54) is 20.0 Å². The Morgan fingerprint density at radius 3 is 2.27 bits per heavy atom. The normalized spacial score (nSPS) is 20.1. The number of thiocarbonyl (C=S) groups is 1. The Bertz CT molecular complexity index is 248. The second kappa shape index (κ2) is 5.30. The summed E-state index contributed by atoms with van der Waals surface area (Å²) in [5, 5.41) is 2.79. The summed E-state index contributed by atoms with van der Waals surface area (Å²) >= 11 is 5.06. The van der Waals surface area contributed by atoms with Gasteiger partial charge in [0, 0.05) is 0 Å². The third kappa shape index (κ3) is 3.06. The SMILES string of the molecule is COC(=O)NC1(C(N)=S)CCCCCC1. The fourth-order valence-corrected chi connectivity index (χ4v) is 2.27. The summed E-state index contributed by atoms with van der Waals surface area (Å²) in [4.78, 5) is 11.6. The molecule has 0 unspecified atom stereocenters. The van der Waals surface area contributed by atoms with Crippen molar-refractivity contribution in [2.24, 2.45) is 5.73 Å². The van der Waals surface area contributed by atoms with E-state index in [4.69, 9.17) is 18.0 Å². The number of nitrogens with one attached hydrogen (secondary N) is 1.